The van der Waals surface area contributed by atoms with Crippen molar-refractivity contribution in [2.24, 2.45) is 0 Å². The van der Waals surface area contributed by atoms with E-state index in [9.17, 15) is 9.90 Å². The molecule has 3 aliphatic heterocycles. The maximum absolute atomic E-state index is 11.4. The van der Waals surface area contributed by atoms with E-state index in [1.165, 1.54) is 6.92 Å². The topological polar surface area (TPSA) is 89.5 Å². The third kappa shape index (κ3) is 6.92. The van der Waals surface area contributed by atoms with Crippen LogP contribution in [0.3, 0.4) is 0 Å². The van der Waals surface area contributed by atoms with Gasteiger partial charge in [-0.15, -0.1) is 0 Å². The summed E-state index contributed by atoms with van der Waals surface area (Å²) < 4.78 is 25.1. The number of carbonyl (C=O) groups excluding carboxylic acids is 1. The van der Waals surface area contributed by atoms with Crippen LogP contribution in [0.15, 0.2) is 72.8 Å². The van der Waals surface area contributed by atoms with Crippen molar-refractivity contribution in [2.75, 3.05) is 32.8 Å². The Balaban J connectivity index is 1.21. The van der Waals surface area contributed by atoms with Gasteiger partial charge in [-0.05, 0) is 39.9 Å². The molecule has 3 saturated heterocycles. The Morgan fingerprint density at radius 2 is 1.62 bits per heavy atom. The van der Waals surface area contributed by atoms with Crippen LogP contribution in [0.5, 0.6) is 0 Å². The Bertz CT molecular complexity index is 1350. The van der Waals surface area contributed by atoms with Gasteiger partial charge in [-0.1, -0.05) is 60.7 Å². The standard InChI is InChI=1S/C34H40N2O6/c1-24(38)35-21-26-4-2-5-28(18-26)29-6-3-7-30(19-29)33-41-31(20-32(42-33)27-10-8-25(23-37)9-11-27)22-36-14-12-34(13-15-36)39-16-17-40-34/h2-11,18-19,31-33,37H,12-17,20-23H2,1H3,(H,35,38)/t31-,32+,33+/m0/s1. The number of aliphatic hydroxyl groups is 1. The van der Waals surface area contributed by atoms with Gasteiger partial charge in [0.25, 0.3) is 0 Å². The smallest absolute Gasteiger partial charge is 0.217 e. The zero-order valence-electron chi connectivity index (χ0n) is 24.2. The van der Waals surface area contributed by atoms with E-state index in [4.69, 9.17) is 18.9 Å². The Hall–Kier alpha value is -3.11. The number of likely N-dealkylation sites (tertiary alicyclic amines) is 1. The summed E-state index contributed by atoms with van der Waals surface area (Å²) >= 11 is 0. The molecular weight excluding hydrogens is 532 g/mol. The summed E-state index contributed by atoms with van der Waals surface area (Å²) in [5, 5.41) is 12.4. The Morgan fingerprint density at radius 3 is 2.33 bits per heavy atom. The molecule has 3 aromatic carbocycles. The Kier molecular flexibility index (Phi) is 9.00. The highest BCUT2D eigenvalue weighted by Gasteiger charge is 2.41. The molecule has 0 radical (unpaired) electrons. The van der Waals surface area contributed by atoms with E-state index in [0.717, 1.165) is 72.3 Å². The minimum absolute atomic E-state index is 0.0167. The number of carbonyl (C=O) groups is 1. The molecular formula is C34H40N2O6. The number of ether oxygens (including phenoxy) is 4. The molecule has 0 bridgehead atoms. The van der Waals surface area contributed by atoms with E-state index in [2.05, 4.69) is 40.5 Å². The van der Waals surface area contributed by atoms with Crippen molar-refractivity contribution < 1.29 is 28.8 Å². The molecule has 1 spiro atoms. The Morgan fingerprint density at radius 1 is 0.905 bits per heavy atom. The summed E-state index contributed by atoms with van der Waals surface area (Å²) in [5.41, 5.74) is 6.10. The molecule has 8 heteroatoms. The fraction of sp³-hybridized carbons (Fsp3) is 0.441. The maximum atomic E-state index is 11.4. The van der Waals surface area contributed by atoms with E-state index in [1.807, 2.05) is 42.5 Å². The van der Waals surface area contributed by atoms with Crippen molar-refractivity contribution in [1.82, 2.24) is 10.2 Å². The average Bonchev–Trinajstić information content (AvgIpc) is 3.49. The predicted octanol–water partition coefficient (Wildman–Crippen LogP) is 4.87. The van der Waals surface area contributed by atoms with Crippen LogP contribution in [0.4, 0.5) is 0 Å². The second-order valence-electron chi connectivity index (χ2n) is 11.5. The van der Waals surface area contributed by atoms with Crippen LogP contribution in [0.2, 0.25) is 0 Å². The molecule has 3 aliphatic rings. The van der Waals surface area contributed by atoms with E-state index in [1.54, 1.807) is 0 Å². The molecule has 8 nitrogen and oxygen atoms in total. The molecule has 2 N–H and O–H groups in total. The minimum atomic E-state index is -0.522. The first-order valence-electron chi connectivity index (χ1n) is 14.9. The van der Waals surface area contributed by atoms with E-state index >= 15 is 0 Å². The van der Waals surface area contributed by atoms with Gasteiger partial charge in [0.15, 0.2) is 12.1 Å². The summed E-state index contributed by atoms with van der Waals surface area (Å²) in [6, 6.07) is 24.5. The first-order chi connectivity index (χ1) is 20.5. The minimum Gasteiger partial charge on any atom is -0.392 e. The molecule has 0 aliphatic carbocycles. The van der Waals surface area contributed by atoms with Crippen LogP contribution in [0.25, 0.3) is 11.1 Å². The van der Waals surface area contributed by atoms with Crippen molar-refractivity contribution in [1.29, 1.82) is 0 Å². The molecule has 1 amide bonds. The number of piperidine rings is 1. The highest BCUT2D eigenvalue weighted by Crippen LogP contribution is 2.40. The first-order valence-corrected chi connectivity index (χ1v) is 14.9. The largest absolute Gasteiger partial charge is 0.392 e. The lowest BCUT2D eigenvalue weighted by atomic mass is 9.97. The lowest BCUT2D eigenvalue weighted by molar-refractivity contribution is -0.255. The van der Waals surface area contributed by atoms with Crippen LogP contribution < -0.4 is 5.32 Å². The van der Waals surface area contributed by atoms with Gasteiger partial charge >= 0.3 is 0 Å². The molecule has 0 unspecified atom stereocenters. The fourth-order valence-corrected chi connectivity index (χ4v) is 6.14. The van der Waals surface area contributed by atoms with Crippen LogP contribution in [0.1, 0.15) is 60.8 Å². The van der Waals surface area contributed by atoms with Crippen LogP contribution in [-0.2, 0) is 36.9 Å². The fourth-order valence-electron chi connectivity index (χ4n) is 6.14. The van der Waals surface area contributed by atoms with E-state index < -0.39 is 12.1 Å². The third-order valence-corrected chi connectivity index (χ3v) is 8.47. The highest BCUT2D eigenvalue weighted by atomic mass is 16.7. The number of aliphatic hydroxyl groups excluding tert-OH is 1. The molecule has 222 valence electrons. The second kappa shape index (κ2) is 13.0. The second-order valence-corrected chi connectivity index (χ2v) is 11.5. The van der Waals surface area contributed by atoms with Gasteiger partial charge in [-0.25, -0.2) is 0 Å². The first kappa shape index (κ1) is 29.0. The monoisotopic (exact) mass is 572 g/mol. The van der Waals surface area contributed by atoms with Crippen molar-refractivity contribution in [3.05, 3.63) is 95.1 Å². The SMILES string of the molecule is CC(=O)NCc1cccc(-c2cccc([C@@H]3O[C@H](CN4CCC5(CC4)OCCO5)C[C@H](c4ccc(CO)cc4)O3)c2)c1. The van der Waals surface area contributed by atoms with Gasteiger partial charge in [-0.3, -0.25) is 4.79 Å². The molecule has 42 heavy (non-hydrogen) atoms. The summed E-state index contributed by atoms with van der Waals surface area (Å²) in [7, 11) is 0. The van der Waals surface area contributed by atoms with Crippen molar-refractivity contribution in [3.8, 4) is 11.1 Å². The van der Waals surface area contributed by atoms with Crippen molar-refractivity contribution in [2.45, 2.75) is 63.6 Å². The van der Waals surface area contributed by atoms with Gasteiger partial charge < -0.3 is 34.3 Å². The maximum Gasteiger partial charge on any atom is 0.217 e. The van der Waals surface area contributed by atoms with Gasteiger partial charge in [0.1, 0.15) is 0 Å². The number of hydrogen-bond acceptors (Lipinski definition) is 7. The zero-order valence-corrected chi connectivity index (χ0v) is 24.2. The summed E-state index contributed by atoms with van der Waals surface area (Å²) in [6.45, 7) is 6.03. The number of amides is 1. The lowest BCUT2D eigenvalue weighted by Gasteiger charge is -2.41. The van der Waals surface area contributed by atoms with Gasteiger partial charge in [0.05, 0.1) is 32.0 Å². The summed E-state index contributed by atoms with van der Waals surface area (Å²) in [4.78, 5) is 13.9. The van der Waals surface area contributed by atoms with E-state index in [0.29, 0.717) is 19.8 Å². The summed E-state index contributed by atoms with van der Waals surface area (Å²) in [6.07, 6.45) is 1.81. The number of rotatable bonds is 8. The molecule has 3 atom stereocenters. The highest BCUT2D eigenvalue weighted by molar-refractivity contribution is 5.73. The number of nitrogens with one attached hydrogen (secondary N) is 1. The van der Waals surface area contributed by atoms with Crippen LogP contribution in [0, 0.1) is 0 Å². The van der Waals surface area contributed by atoms with Gasteiger partial charge in [-0.2, -0.15) is 0 Å². The molecule has 0 aromatic heterocycles. The molecule has 3 aromatic rings. The molecule has 3 fully saturated rings. The van der Waals surface area contributed by atoms with Crippen molar-refractivity contribution in [3.63, 3.8) is 0 Å². The van der Waals surface area contributed by atoms with Crippen LogP contribution in [-0.4, -0.2) is 60.7 Å². The number of benzene rings is 3. The summed E-state index contributed by atoms with van der Waals surface area (Å²) in [5.74, 6) is -0.444. The normalized spacial score (nSPS) is 24.1. The lowest BCUT2D eigenvalue weighted by Crippen LogP contribution is -2.48. The zero-order chi connectivity index (χ0) is 28.9. The number of hydrogen-bond donors (Lipinski definition) is 2. The molecule has 3 heterocycles. The Labute approximate surface area is 247 Å². The molecule has 0 saturated carbocycles. The predicted molar refractivity (Wildman–Crippen MR) is 158 cm³/mol. The average molecular weight is 573 g/mol. The molecule has 6 rings (SSSR count). The third-order valence-electron chi connectivity index (χ3n) is 8.47. The van der Waals surface area contributed by atoms with Gasteiger partial charge in [0.2, 0.25) is 5.91 Å². The van der Waals surface area contributed by atoms with E-state index in [-0.39, 0.29) is 24.7 Å². The van der Waals surface area contributed by atoms with Gasteiger partial charge in [0, 0.05) is 57.9 Å². The van der Waals surface area contributed by atoms with Crippen molar-refractivity contribution >= 4 is 5.91 Å². The number of nitrogens with zero attached hydrogens (tertiary/aromatic N) is 1. The quantitative estimate of drug-likeness (QED) is 0.398. The van der Waals surface area contributed by atoms with Crippen LogP contribution >= 0.6 is 0 Å².